The van der Waals surface area contributed by atoms with E-state index in [1.165, 1.54) is 17.4 Å². The highest BCUT2D eigenvalue weighted by atomic mass is 32.2. The van der Waals surface area contributed by atoms with Crippen LogP contribution in [0.1, 0.15) is 31.9 Å². The number of hydrogen-bond acceptors (Lipinski definition) is 4. The Balaban J connectivity index is 3.16. The molecule has 1 aromatic rings. The summed E-state index contributed by atoms with van der Waals surface area (Å²) >= 11 is 0. The van der Waals surface area contributed by atoms with Gasteiger partial charge in [-0.25, -0.2) is 8.42 Å². The molecule has 0 aliphatic heterocycles. The molecule has 0 radical (unpaired) electrons. The third kappa shape index (κ3) is 4.52. The van der Waals surface area contributed by atoms with E-state index in [0.717, 1.165) is 5.56 Å². The average Bonchev–Trinajstić information content (AvgIpc) is 2.46. The molecule has 0 fully saturated rings. The third-order valence-corrected chi connectivity index (χ3v) is 4.93. The summed E-state index contributed by atoms with van der Waals surface area (Å²) < 4.78 is 26.5. The van der Waals surface area contributed by atoms with Crippen LogP contribution in [-0.4, -0.2) is 38.8 Å². The van der Waals surface area contributed by atoms with E-state index in [1.807, 2.05) is 6.92 Å². The van der Waals surface area contributed by atoms with E-state index in [0.29, 0.717) is 6.42 Å². The van der Waals surface area contributed by atoms with Gasteiger partial charge < -0.3 is 11.1 Å². The fourth-order valence-electron chi connectivity index (χ4n) is 1.88. The molecular formula is C14H23N3O3S. The first-order valence-corrected chi connectivity index (χ1v) is 8.33. The van der Waals surface area contributed by atoms with Crippen LogP contribution >= 0.6 is 0 Å². The van der Waals surface area contributed by atoms with Crippen LogP contribution in [0.3, 0.4) is 0 Å². The number of benzene rings is 1. The van der Waals surface area contributed by atoms with Crippen molar-refractivity contribution < 1.29 is 13.2 Å². The van der Waals surface area contributed by atoms with Gasteiger partial charge in [0, 0.05) is 19.6 Å². The quantitative estimate of drug-likeness (QED) is 0.780. The van der Waals surface area contributed by atoms with Crippen LogP contribution in [0.4, 0.5) is 0 Å². The van der Waals surface area contributed by atoms with Gasteiger partial charge in [-0.15, -0.1) is 0 Å². The van der Waals surface area contributed by atoms with E-state index < -0.39 is 10.0 Å². The molecule has 118 valence electrons. The fraction of sp³-hybridized carbons (Fsp3) is 0.500. The molecule has 0 aromatic heterocycles. The zero-order valence-electron chi connectivity index (χ0n) is 12.7. The topological polar surface area (TPSA) is 92.5 Å². The van der Waals surface area contributed by atoms with E-state index in [2.05, 4.69) is 5.32 Å². The van der Waals surface area contributed by atoms with Gasteiger partial charge in [0.25, 0.3) is 0 Å². The molecule has 0 bridgehead atoms. The van der Waals surface area contributed by atoms with Crippen LogP contribution in [0.2, 0.25) is 0 Å². The number of carbonyl (C=O) groups excluding carboxylic acids is 1. The Hall–Kier alpha value is -1.44. The molecule has 0 heterocycles. The summed E-state index contributed by atoms with van der Waals surface area (Å²) in [5, 5.41) is 2.44. The van der Waals surface area contributed by atoms with Crippen molar-refractivity contribution in [3.63, 3.8) is 0 Å². The summed E-state index contributed by atoms with van der Waals surface area (Å²) in [6.45, 7) is 3.76. The van der Waals surface area contributed by atoms with Crippen LogP contribution < -0.4 is 11.1 Å². The van der Waals surface area contributed by atoms with E-state index in [9.17, 15) is 13.2 Å². The van der Waals surface area contributed by atoms with Gasteiger partial charge in [-0.3, -0.25) is 4.79 Å². The van der Waals surface area contributed by atoms with Crippen molar-refractivity contribution in [1.82, 2.24) is 9.62 Å². The number of sulfonamides is 1. The smallest absolute Gasteiger partial charge is 0.243 e. The molecule has 0 aliphatic rings. The summed E-state index contributed by atoms with van der Waals surface area (Å²) in [5.41, 5.74) is 6.53. The maximum Gasteiger partial charge on any atom is 0.243 e. The number of nitrogens with zero attached hydrogens (tertiary/aromatic N) is 1. The Morgan fingerprint density at radius 1 is 1.43 bits per heavy atom. The van der Waals surface area contributed by atoms with Gasteiger partial charge in [0.2, 0.25) is 15.9 Å². The molecule has 0 spiro atoms. The Bertz CT molecular complexity index is 585. The number of amides is 1. The molecule has 0 aliphatic carbocycles. The average molecular weight is 313 g/mol. The van der Waals surface area contributed by atoms with Crippen molar-refractivity contribution >= 4 is 15.9 Å². The first-order chi connectivity index (χ1) is 9.82. The van der Waals surface area contributed by atoms with Crippen LogP contribution in [-0.2, 0) is 14.8 Å². The molecule has 1 atom stereocenters. The summed E-state index contributed by atoms with van der Waals surface area (Å²) in [6.07, 6.45) is 0.628. The zero-order valence-corrected chi connectivity index (χ0v) is 13.5. The van der Waals surface area contributed by atoms with Crippen molar-refractivity contribution in [3.8, 4) is 0 Å². The minimum absolute atomic E-state index is 0.162. The van der Waals surface area contributed by atoms with Crippen molar-refractivity contribution in [3.05, 3.63) is 29.8 Å². The first kappa shape index (κ1) is 17.6. The van der Waals surface area contributed by atoms with Gasteiger partial charge in [0.15, 0.2) is 0 Å². The van der Waals surface area contributed by atoms with Gasteiger partial charge in [0.1, 0.15) is 0 Å². The maximum atomic E-state index is 12.7. The highest BCUT2D eigenvalue weighted by Gasteiger charge is 2.26. The largest absolute Gasteiger partial charge is 0.358 e. The number of nitrogens with one attached hydrogen (secondary N) is 1. The molecule has 1 rings (SSSR count). The molecule has 1 amide bonds. The molecule has 3 N–H and O–H groups in total. The van der Waals surface area contributed by atoms with Crippen molar-refractivity contribution in [2.24, 2.45) is 5.73 Å². The number of rotatable bonds is 7. The van der Waals surface area contributed by atoms with Crippen LogP contribution in [0, 0.1) is 0 Å². The Kier molecular flexibility index (Phi) is 6.32. The Morgan fingerprint density at radius 3 is 2.62 bits per heavy atom. The molecule has 0 saturated heterocycles. The lowest BCUT2D eigenvalue weighted by atomic mass is 10.1. The van der Waals surface area contributed by atoms with Crippen LogP contribution in [0.15, 0.2) is 29.2 Å². The molecule has 6 nitrogen and oxygen atoms in total. The fourth-order valence-corrected chi connectivity index (χ4v) is 3.42. The van der Waals surface area contributed by atoms with Gasteiger partial charge in [-0.1, -0.05) is 19.1 Å². The second-order valence-corrected chi connectivity index (χ2v) is 6.81. The monoisotopic (exact) mass is 313 g/mol. The SMILES string of the molecule is CCCN(CC(=O)NC)S(=O)(=O)c1cccc(C(C)N)c1. The molecule has 0 saturated carbocycles. The normalized spacial score (nSPS) is 13.2. The molecule has 21 heavy (non-hydrogen) atoms. The first-order valence-electron chi connectivity index (χ1n) is 6.89. The zero-order chi connectivity index (χ0) is 16.0. The Labute approximate surface area is 126 Å². The van der Waals surface area contributed by atoms with Crippen LogP contribution in [0.5, 0.6) is 0 Å². The molecule has 1 aromatic carbocycles. The maximum absolute atomic E-state index is 12.7. The van der Waals surface area contributed by atoms with Gasteiger partial charge in [-0.05, 0) is 31.0 Å². The van der Waals surface area contributed by atoms with E-state index in [1.54, 1.807) is 25.1 Å². The van der Waals surface area contributed by atoms with E-state index in [4.69, 9.17) is 5.73 Å². The summed E-state index contributed by atoms with van der Waals surface area (Å²) in [5.74, 6) is -0.338. The van der Waals surface area contributed by atoms with E-state index in [-0.39, 0.29) is 29.9 Å². The molecular weight excluding hydrogens is 290 g/mol. The Morgan fingerprint density at radius 2 is 2.10 bits per heavy atom. The summed E-state index contributed by atoms with van der Waals surface area (Å²) in [7, 11) is -2.23. The van der Waals surface area contributed by atoms with E-state index >= 15 is 0 Å². The lowest BCUT2D eigenvalue weighted by molar-refractivity contribution is -0.120. The minimum atomic E-state index is -3.71. The number of nitrogens with two attached hydrogens (primary N) is 1. The number of likely N-dealkylation sites (N-methyl/N-ethyl adjacent to an activating group) is 1. The predicted molar refractivity (Wildman–Crippen MR) is 82.2 cm³/mol. The third-order valence-electron chi connectivity index (χ3n) is 3.09. The standard InChI is InChI=1S/C14H23N3O3S/c1-4-8-17(10-14(18)16-3)21(19,20)13-7-5-6-12(9-13)11(2)15/h5-7,9,11H,4,8,10,15H2,1-3H3,(H,16,18). The minimum Gasteiger partial charge on any atom is -0.358 e. The molecule has 1 unspecified atom stereocenters. The lowest BCUT2D eigenvalue weighted by Crippen LogP contribution is -2.40. The second kappa shape index (κ2) is 7.53. The summed E-state index contributed by atoms with van der Waals surface area (Å²) in [6, 6.07) is 6.28. The van der Waals surface area contributed by atoms with Gasteiger partial charge in [0.05, 0.1) is 11.4 Å². The number of carbonyl (C=O) groups is 1. The van der Waals surface area contributed by atoms with Crippen molar-refractivity contribution in [2.45, 2.75) is 31.2 Å². The predicted octanol–water partition coefficient (Wildman–Crippen LogP) is 0.853. The second-order valence-electron chi connectivity index (χ2n) is 4.87. The molecule has 7 heteroatoms. The highest BCUT2D eigenvalue weighted by molar-refractivity contribution is 7.89. The van der Waals surface area contributed by atoms with Gasteiger partial charge >= 0.3 is 0 Å². The van der Waals surface area contributed by atoms with Gasteiger partial charge in [-0.2, -0.15) is 4.31 Å². The lowest BCUT2D eigenvalue weighted by Gasteiger charge is -2.21. The van der Waals surface area contributed by atoms with Crippen molar-refractivity contribution in [2.75, 3.05) is 20.1 Å². The number of hydrogen-bond donors (Lipinski definition) is 2. The highest BCUT2D eigenvalue weighted by Crippen LogP contribution is 2.20. The van der Waals surface area contributed by atoms with Crippen LogP contribution in [0.25, 0.3) is 0 Å². The summed E-state index contributed by atoms with van der Waals surface area (Å²) in [4.78, 5) is 11.7. The van der Waals surface area contributed by atoms with Crippen molar-refractivity contribution in [1.29, 1.82) is 0 Å².